The maximum Gasteiger partial charge on any atom is 0.452 e. The Morgan fingerprint density at radius 3 is 0.900 bits per heavy atom. The van der Waals surface area contributed by atoms with E-state index in [0.29, 0.717) is 0 Å². The average molecular weight is 164 g/mol. The first-order valence-electron chi connectivity index (χ1n) is 1.68. The summed E-state index contributed by atoms with van der Waals surface area (Å²) in [6.07, 6.45) is 0. The topological polar surface area (TPSA) is 36.9 Å². The molecule has 0 aromatic carbocycles. The third-order valence-electron chi connectivity index (χ3n) is 0.447. The van der Waals surface area contributed by atoms with Gasteiger partial charge in [0.2, 0.25) is 0 Å². The van der Waals surface area contributed by atoms with Crippen LogP contribution in [0.4, 0.5) is 18.1 Å². The number of rotatable bonds is 4. The summed E-state index contributed by atoms with van der Waals surface area (Å²) >= 11 is 0. The Labute approximate surface area is 51.1 Å². The van der Waals surface area contributed by atoms with Crippen molar-refractivity contribution in [2.24, 2.45) is 0 Å². The lowest BCUT2D eigenvalue weighted by Crippen LogP contribution is -1.94. The fraction of sp³-hybridized carbons (Fsp3) is 0. The van der Waals surface area contributed by atoms with Crippen molar-refractivity contribution in [3.05, 3.63) is 11.9 Å². The second-order valence-corrected chi connectivity index (χ2v) is 0.884. The van der Waals surface area contributed by atoms with Gasteiger partial charge in [0.05, 0.1) is 0 Å². The van der Waals surface area contributed by atoms with E-state index in [0.717, 1.165) is 0 Å². The van der Waals surface area contributed by atoms with Crippen molar-refractivity contribution in [1.29, 1.82) is 0 Å². The molecule has 10 heavy (non-hydrogen) atoms. The van der Waals surface area contributed by atoms with Crippen molar-refractivity contribution in [3.8, 4) is 0 Å². The van der Waals surface area contributed by atoms with Gasteiger partial charge in [-0.2, -0.15) is 0 Å². The molecule has 0 saturated carbocycles. The third kappa shape index (κ3) is 1.88. The Morgan fingerprint density at radius 1 is 0.600 bits per heavy atom. The predicted molar refractivity (Wildman–Crippen MR) is 15.8 cm³/mol. The van der Waals surface area contributed by atoms with Gasteiger partial charge in [0.25, 0.3) is 0 Å². The van der Waals surface area contributed by atoms with E-state index in [1.807, 2.05) is 0 Å². The first kappa shape index (κ1) is 8.66. The molecule has 0 heterocycles. The average Bonchev–Trinajstić information content (AvgIpc) is 2.00. The van der Waals surface area contributed by atoms with Gasteiger partial charge >= 0.3 is 11.9 Å². The van der Waals surface area contributed by atoms with E-state index in [2.05, 4.69) is 19.8 Å². The van der Waals surface area contributed by atoms with Gasteiger partial charge in [-0.3, -0.25) is 0 Å². The molecule has 0 bridgehead atoms. The largest absolute Gasteiger partial charge is 0.452 e. The Balaban J connectivity index is 4.20. The van der Waals surface area contributed by atoms with Gasteiger partial charge in [-0.1, -0.05) is 0 Å². The van der Waals surface area contributed by atoms with Crippen molar-refractivity contribution in [3.63, 3.8) is 0 Å². The first-order chi connectivity index (χ1) is 4.79. The van der Waals surface area contributed by atoms with E-state index in [4.69, 9.17) is 0 Å². The molecule has 0 aliphatic carbocycles. The van der Waals surface area contributed by atoms with Gasteiger partial charge in [0.1, 0.15) is 0 Å². The molecule has 0 N–H and O–H groups in total. The molecule has 0 aromatic heterocycles. The SMILES string of the molecule is FOC(OF)=C(OF)OF. The maximum atomic E-state index is 10.9. The lowest BCUT2D eigenvalue weighted by Gasteiger charge is -1.94. The summed E-state index contributed by atoms with van der Waals surface area (Å²) in [5, 5.41) is 0. The van der Waals surface area contributed by atoms with E-state index in [1.54, 1.807) is 0 Å². The molecule has 0 radical (unpaired) electrons. The van der Waals surface area contributed by atoms with Gasteiger partial charge in [-0.15, -0.1) is 0 Å². The highest BCUT2D eigenvalue weighted by molar-refractivity contribution is 4.80. The molecule has 8 heteroatoms. The summed E-state index contributed by atoms with van der Waals surface area (Å²) in [7, 11) is 0. The predicted octanol–water partition coefficient (Wildman–Crippen LogP) is 1.72. The van der Waals surface area contributed by atoms with Crippen LogP contribution >= 0.6 is 0 Å². The normalized spacial score (nSPS) is 8.00. The minimum Gasteiger partial charge on any atom is -0.242 e. The lowest BCUT2D eigenvalue weighted by atomic mass is 10.9. The number of hydrogen-bond donors (Lipinski definition) is 0. The van der Waals surface area contributed by atoms with E-state index >= 15 is 0 Å². The number of hydrogen-bond acceptors (Lipinski definition) is 4. The Kier molecular flexibility index (Phi) is 3.92. The standard InChI is InChI=1S/C2F4O4/c3-7-1(8-4)2(9-5)10-6. The maximum absolute atomic E-state index is 10.9. The second-order valence-electron chi connectivity index (χ2n) is 0.884. The molecule has 60 valence electrons. The molecule has 0 atom stereocenters. The summed E-state index contributed by atoms with van der Waals surface area (Å²) in [6.45, 7) is 0. The van der Waals surface area contributed by atoms with Crippen LogP contribution in [0.1, 0.15) is 0 Å². The smallest absolute Gasteiger partial charge is 0.242 e. The van der Waals surface area contributed by atoms with Crippen molar-refractivity contribution >= 4 is 0 Å². The van der Waals surface area contributed by atoms with Crippen LogP contribution in [0, 0.1) is 0 Å². The molecule has 0 aliphatic rings. The fourth-order valence-corrected chi connectivity index (χ4v) is 0.150. The van der Waals surface area contributed by atoms with Crippen molar-refractivity contribution in [2.45, 2.75) is 0 Å². The zero-order chi connectivity index (χ0) is 7.98. The summed E-state index contributed by atoms with van der Waals surface area (Å²) in [6, 6.07) is 0. The molecule has 4 nitrogen and oxygen atoms in total. The molecule has 0 saturated heterocycles. The number of halogens is 4. The molecule has 0 aromatic rings. The van der Waals surface area contributed by atoms with Crippen LogP contribution in [0.5, 0.6) is 0 Å². The molecule has 0 aliphatic heterocycles. The van der Waals surface area contributed by atoms with E-state index in [-0.39, 0.29) is 0 Å². The molecule has 0 fully saturated rings. The zero-order valence-electron chi connectivity index (χ0n) is 4.14. The summed E-state index contributed by atoms with van der Waals surface area (Å²) in [5.74, 6) is -3.71. The monoisotopic (exact) mass is 164 g/mol. The van der Waals surface area contributed by atoms with Crippen LogP contribution in [0.2, 0.25) is 0 Å². The van der Waals surface area contributed by atoms with Crippen molar-refractivity contribution in [2.75, 3.05) is 0 Å². The van der Waals surface area contributed by atoms with E-state index in [9.17, 15) is 18.1 Å². The molecule has 0 unspecified atom stereocenters. The molecule has 0 rings (SSSR count). The quantitative estimate of drug-likeness (QED) is 0.468. The lowest BCUT2D eigenvalue weighted by molar-refractivity contribution is -0.281. The van der Waals surface area contributed by atoms with Gasteiger partial charge in [0.15, 0.2) is 0 Å². The molecular weight excluding hydrogens is 164 g/mol. The summed E-state index contributed by atoms with van der Waals surface area (Å²) < 4.78 is 43.5. The van der Waals surface area contributed by atoms with E-state index < -0.39 is 11.9 Å². The highest BCUT2D eigenvalue weighted by Gasteiger charge is 2.18. The van der Waals surface area contributed by atoms with Crippen LogP contribution in [0.15, 0.2) is 11.9 Å². The van der Waals surface area contributed by atoms with Crippen LogP contribution in [0.3, 0.4) is 0 Å². The van der Waals surface area contributed by atoms with Crippen LogP contribution in [-0.2, 0) is 19.8 Å². The Hall–Kier alpha value is -1.34. The highest BCUT2D eigenvalue weighted by Crippen LogP contribution is 2.12. The molecular formula is C2F4O4. The Morgan fingerprint density at radius 2 is 0.800 bits per heavy atom. The van der Waals surface area contributed by atoms with Crippen molar-refractivity contribution in [1.82, 2.24) is 0 Å². The van der Waals surface area contributed by atoms with Crippen LogP contribution < -0.4 is 0 Å². The van der Waals surface area contributed by atoms with Gasteiger partial charge < -0.3 is 0 Å². The third-order valence-corrected chi connectivity index (χ3v) is 0.447. The summed E-state index contributed by atoms with van der Waals surface area (Å²) in [5.41, 5.74) is 0. The van der Waals surface area contributed by atoms with E-state index in [1.165, 1.54) is 0 Å². The van der Waals surface area contributed by atoms with Crippen LogP contribution in [0.25, 0.3) is 0 Å². The van der Waals surface area contributed by atoms with Gasteiger partial charge in [-0.05, 0) is 0 Å². The Bertz CT molecular complexity index is 98.4. The van der Waals surface area contributed by atoms with Gasteiger partial charge in [0, 0.05) is 18.1 Å². The zero-order valence-corrected chi connectivity index (χ0v) is 4.14. The van der Waals surface area contributed by atoms with Gasteiger partial charge in [-0.25, -0.2) is 19.8 Å². The minimum absolute atomic E-state index is 1.86. The highest BCUT2D eigenvalue weighted by atomic mass is 19.3. The summed E-state index contributed by atoms with van der Waals surface area (Å²) in [4.78, 5) is 9.58. The fourth-order valence-electron chi connectivity index (χ4n) is 0.150. The second kappa shape index (κ2) is 4.53. The first-order valence-corrected chi connectivity index (χ1v) is 1.68. The molecule has 0 spiro atoms. The van der Waals surface area contributed by atoms with Crippen molar-refractivity contribution < 1.29 is 37.9 Å². The molecule has 0 amide bonds. The van der Waals surface area contributed by atoms with Crippen LogP contribution in [-0.4, -0.2) is 0 Å². The minimum atomic E-state index is -1.86.